The van der Waals surface area contributed by atoms with Crippen LogP contribution in [0.25, 0.3) is 0 Å². The number of rotatable bonds is 10. The maximum atomic E-state index is 11.6. The molecule has 0 fully saturated rings. The Morgan fingerprint density at radius 3 is 2.04 bits per heavy atom. The van der Waals surface area contributed by atoms with Gasteiger partial charge in [0.15, 0.2) is 8.68 Å². The first kappa shape index (κ1) is 20.7. The molecule has 0 saturated heterocycles. The molecule has 0 bridgehead atoms. The van der Waals surface area contributed by atoms with Gasteiger partial charge in [-0.25, -0.2) is 4.79 Å². The highest BCUT2D eigenvalue weighted by molar-refractivity contribution is 8.03. The summed E-state index contributed by atoms with van der Waals surface area (Å²) in [6, 6.07) is -0.492. The second-order valence-electron chi connectivity index (χ2n) is 4.57. The molecule has 1 aromatic rings. The van der Waals surface area contributed by atoms with Gasteiger partial charge in [-0.1, -0.05) is 48.7 Å². The summed E-state index contributed by atoms with van der Waals surface area (Å²) in [4.78, 5) is 34.5. The van der Waals surface area contributed by atoms with Gasteiger partial charge in [-0.2, -0.15) is 0 Å². The molecule has 4 amide bonds. The van der Waals surface area contributed by atoms with Crippen molar-refractivity contribution in [3.05, 3.63) is 0 Å². The first-order valence-electron chi connectivity index (χ1n) is 7.48. The highest BCUT2D eigenvalue weighted by atomic mass is 32.2. The van der Waals surface area contributed by atoms with E-state index in [1.807, 2.05) is 13.8 Å². The van der Waals surface area contributed by atoms with Gasteiger partial charge in [-0.3, -0.25) is 14.9 Å². The third-order valence-corrected chi connectivity index (χ3v) is 5.59. The summed E-state index contributed by atoms with van der Waals surface area (Å²) >= 11 is 3.83. The van der Waals surface area contributed by atoms with E-state index in [4.69, 9.17) is 0 Å². The molecule has 0 aliphatic rings. The molecule has 0 aliphatic carbocycles. The lowest BCUT2D eigenvalue weighted by Crippen LogP contribution is -2.40. The van der Waals surface area contributed by atoms with Crippen molar-refractivity contribution in [3.63, 3.8) is 0 Å². The molecule has 0 radical (unpaired) electrons. The fourth-order valence-electron chi connectivity index (χ4n) is 1.33. The second-order valence-corrected chi connectivity index (χ2v) is 7.99. The molecule has 0 aromatic carbocycles. The zero-order valence-electron chi connectivity index (χ0n) is 13.6. The quantitative estimate of drug-likeness (QED) is 0.518. The van der Waals surface area contributed by atoms with Gasteiger partial charge in [-0.05, 0) is 12.8 Å². The summed E-state index contributed by atoms with van der Waals surface area (Å²) in [5.74, 6) is -0.0617. The Morgan fingerprint density at radius 2 is 1.46 bits per heavy atom. The van der Waals surface area contributed by atoms with Gasteiger partial charge in [0, 0.05) is 13.1 Å². The molecule has 8 nitrogen and oxygen atoms in total. The lowest BCUT2D eigenvalue weighted by atomic mass is 10.5. The van der Waals surface area contributed by atoms with E-state index in [0.717, 1.165) is 12.8 Å². The van der Waals surface area contributed by atoms with Crippen molar-refractivity contribution in [1.82, 2.24) is 26.1 Å². The molecule has 0 saturated carbocycles. The largest absolute Gasteiger partial charge is 0.355 e. The van der Waals surface area contributed by atoms with E-state index < -0.39 is 11.9 Å². The first-order chi connectivity index (χ1) is 11.5. The lowest BCUT2D eigenvalue weighted by molar-refractivity contribution is -0.119. The Balaban J connectivity index is 2.27. The van der Waals surface area contributed by atoms with Crippen molar-refractivity contribution >= 4 is 52.7 Å². The van der Waals surface area contributed by atoms with Gasteiger partial charge < -0.3 is 10.6 Å². The zero-order valence-corrected chi connectivity index (χ0v) is 16.0. The van der Waals surface area contributed by atoms with Crippen LogP contribution in [0.2, 0.25) is 0 Å². The predicted octanol–water partition coefficient (Wildman–Crippen LogP) is 1.48. The van der Waals surface area contributed by atoms with E-state index in [1.54, 1.807) is 0 Å². The van der Waals surface area contributed by atoms with Gasteiger partial charge in [0.2, 0.25) is 11.8 Å². The number of thioether (sulfide) groups is 2. The summed E-state index contributed by atoms with van der Waals surface area (Å²) in [7, 11) is 0. The number of carbonyl (C=O) groups excluding carboxylic acids is 3. The predicted molar refractivity (Wildman–Crippen MR) is 96.5 cm³/mol. The lowest BCUT2D eigenvalue weighted by Gasteiger charge is -2.04. The van der Waals surface area contributed by atoms with E-state index in [1.165, 1.54) is 34.9 Å². The third kappa shape index (κ3) is 9.08. The van der Waals surface area contributed by atoms with Crippen LogP contribution in [-0.2, 0) is 9.59 Å². The van der Waals surface area contributed by atoms with Crippen molar-refractivity contribution in [2.75, 3.05) is 24.6 Å². The monoisotopic (exact) mass is 391 g/mol. The number of hydrogen-bond acceptors (Lipinski definition) is 8. The minimum Gasteiger partial charge on any atom is -0.355 e. The average molecular weight is 392 g/mol. The maximum absolute atomic E-state index is 11.6. The topological polar surface area (TPSA) is 113 Å². The van der Waals surface area contributed by atoms with E-state index in [-0.39, 0.29) is 17.4 Å². The molecule has 134 valence electrons. The number of nitrogens with zero attached hydrogens (tertiary/aromatic N) is 2. The van der Waals surface area contributed by atoms with Gasteiger partial charge in [0.25, 0.3) is 0 Å². The average Bonchev–Trinajstić information content (AvgIpc) is 3.02. The molecule has 0 unspecified atom stereocenters. The van der Waals surface area contributed by atoms with E-state index in [9.17, 15) is 14.4 Å². The number of imide groups is 1. The van der Waals surface area contributed by atoms with Crippen molar-refractivity contribution in [1.29, 1.82) is 0 Å². The molecule has 0 aliphatic heterocycles. The Hall–Kier alpha value is -1.33. The number of carbonyl (C=O) groups is 3. The van der Waals surface area contributed by atoms with Crippen LogP contribution in [0.15, 0.2) is 8.68 Å². The van der Waals surface area contributed by atoms with Crippen LogP contribution in [0, 0.1) is 0 Å². The molecular formula is C13H21N5O3S3. The Labute approximate surface area is 153 Å². The van der Waals surface area contributed by atoms with Gasteiger partial charge >= 0.3 is 6.03 Å². The zero-order chi connectivity index (χ0) is 17.8. The van der Waals surface area contributed by atoms with Crippen molar-refractivity contribution in [2.45, 2.75) is 35.4 Å². The van der Waals surface area contributed by atoms with Crippen LogP contribution in [0.4, 0.5) is 4.79 Å². The summed E-state index contributed by atoms with van der Waals surface area (Å²) in [5.41, 5.74) is 0. The van der Waals surface area contributed by atoms with E-state index in [0.29, 0.717) is 21.8 Å². The number of urea groups is 1. The summed E-state index contributed by atoms with van der Waals surface area (Å²) in [5, 5.41) is 15.5. The maximum Gasteiger partial charge on any atom is 0.321 e. The Kier molecular flexibility index (Phi) is 10.4. The summed E-state index contributed by atoms with van der Waals surface area (Å²) < 4.78 is 1.29. The molecule has 0 atom stereocenters. The fourth-order valence-corrected chi connectivity index (χ4v) is 3.98. The SMILES string of the molecule is CCCNC(=O)CSc1nnc(SCC(=O)NC(=O)NCCC)s1. The summed E-state index contributed by atoms with van der Waals surface area (Å²) in [6.45, 7) is 5.11. The molecule has 0 spiro atoms. The molecule has 3 N–H and O–H groups in total. The van der Waals surface area contributed by atoms with E-state index >= 15 is 0 Å². The smallest absolute Gasteiger partial charge is 0.321 e. The van der Waals surface area contributed by atoms with Crippen molar-refractivity contribution < 1.29 is 14.4 Å². The van der Waals surface area contributed by atoms with Crippen LogP contribution in [0.5, 0.6) is 0 Å². The fraction of sp³-hybridized carbons (Fsp3) is 0.615. The highest BCUT2D eigenvalue weighted by Gasteiger charge is 2.11. The van der Waals surface area contributed by atoms with Gasteiger partial charge in [-0.15, -0.1) is 10.2 Å². The number of aromatic nitrogens is 2. The molecule has 11 heteroatoms. The van der Waals surface area contributed by atoms with Crippen LogP contribution in [0.1, 0.15) is 26.7 Å². The molecular weight excluding hydrogens is 370 g/mol. The number of amides is 4. The van der Waals surface area contributed by atoms with Crippen LogP contribution in [-0.4, -0.2) is 52.6 Å². The second kappa shape index (κ2) is 12.1. The molecule has 24 heavy (non-hydrogen) atoms. The Bertz CT molecular complexity index is 553. The number of hydrogen-bond donors (Lipinski definition) is 3. The van der Waals surface area contributed by atoms with E-state index in [2.05, 4.69) is 26.1 Å². The van der Waals surface area contributed by atoms with Crippen LogP contribution >= 0.6 is 34.9 Å². The minimum atomic E-state index is -0.492. The summed E-state index contributed by atoms with van der Waals surface area (Å²) in [6.07, 6.45) is 1.70. The Morgan fingerprint density at radius 1 is 0.917 bits per heavy atom. The van der Waals surface area contributed by atoms with Crippen molar-refractivity contribution in [3.8, 4) is 0 Å². The van der Waals surface area contributed by atoms with Gasteiger partial charge in [0.05, 0.1) is 11.5 Å². The van der Waals surface area contributed by atoms with Crippen LogP contribution in [0.3, 0.4) is 0 Å². The number of nitrogens with one attached hydrogen (secondary N) is 3. The van der Waals surface area contributed by atoms with Gasteiger partial charge in [0.1, 0.15) is 0 Å². The molecule has 1 heterocycles. The minimum absolute atomic E-state index is 0.0382. The highest BCUT2D eigenvalue weighted by Crippen LogP contribution is 2.28. The third-order valence-electron chi connectivity index (χ3n) is 2.40. The van der Waals surface area contributed by atoms with Crippen LogP contribution < -0.4 is 16.0 Å². The van der Waals surface area contributed by atoms with Crippen molar-refractivity contribution in [2.24, 2.45) is 0 Å². The molecule has 1 aromatic heterocycles. The standard InChI is InChI=1S/C13H21N5O3S3/c1-3-5-14-9(19)7-22-12-17-18-13(24-12)23-8-10(20)16-11(21)15-6-4-2/h3-8H2,1-2H3,(H,14,19)(H2,15,16,20,21). The molecule has 1 rings (SSSR count). The first-order valence-corrected chi connectivity index (χ1v) is 10.3. The normalized spacial score (nSPS) is 10.2.